The van der Waals surface area contributed by atoms with Gasteiger partial charge in [-0.1, -0.05) is 0 Å². The van der Waals surface area contributed by atoms with Gasteiger partial charge in [-0.05, 0) is 38.1 Å². The molecule has 12 nitrogen and oxygen atoms in total. The van der Waals surface area contributed by atoms with Gasteiger partial charge in [-0.3, -0.25) is 14.8 Å². The number of fused-ring (bicyclic) bond motifs is 1. The molecule has 0 saturated heterocycles. The number of anilines is 1. The Morgan fingerprint density at radius 3 is 2.44 bits per heavy atom. The number of carbonyl (C=O) groups is 1. The smallest absolute Gasteiger partial charge is 0.281 e. The van der Waals surface area contributed by atoms with E-state index in [0.29, 0.717) is 52.5 Å². The van der Waals surface area contributed by atoms with Crippen LogP contribution < -0.4 is 24.3 Å². The van der Waals surface area contributed by atoms with Crippen molar-refractivity contribution < 1.29 is 23.7 Å². The van der Waals surface area contributed by atoms with Gasteiger partial charge in [0.15, 0.2) is 28.8 Å². The summed E-state index contributed by atoms with van der Waals surface area (Å²) >= 11 is 0. The van der Waals surface area contributed by atoms with Crippen molar-refractivity contribution in [3.8, 4) is 34.6 Å². The number of hydrogen-bond donors (Lipinski definition) is 1. The van der Waals surface area contributed by atoms with Crippen molar-refractivity contribution in [3.63, 3.8) is 0 Å². The molecule has 0 aliphatic heterocycles. The summed E-state index contributed by atoms with van der Waals surface area (Å²) in [5.41, 5.74) is 1.54. The maximum atomic E-state index is 13.0. The van der Waals surface area contributed by atoms with Crippen LogP contribution in [0.2, 0.25) is 0 Å². The molecule has 0 radical (unpaired) electrons. The molecule has 0 saturated carbocycles. The minimum absolute atomic E-state index is 0.0917. The third-order valence-corrected chi connectivity index (χ3v) is 5.61. The lowest BCUT2D eigenvalue weighted by molar-refractivity contribution is 0.101. The van der Waals surface area contributed by atoms with Crippen molar-refractivity contribution >= 4 is 22.6 Å². The number of rotatable bonds is 9. The van der Waals surface area contributed by atoms with E-state index in [4.69, 9.17) is 18.9 Å². The first kappa shape index (κ1) is 25.4. The third-order valence-electron chi connectivity index (χ3n) is 5.61. The molecule has 1 N–H and O–H groups in total. The van der Waals surface area contributed by atoms with Crippen molar-refractivity contribution in [1.29, 1.82) is 0 Å². The highest BCUT2D eigenvalue weighted by molar-refractivity contribution is 6.04. The summed E-state index contributed by atoms with van der Waals surface area (Å²) in [6.07, 6.45) is 7.92. The second kappa shape index (κ2) is 11.0. The topological polar surface area (TPSA) is 135 Å². The monoisotopic (exact) mass is 527 g/mol. The fraction of sp³-hybridized carbons (Fsp3) is 0.185. The van der Waals surface area contributed by atoms with Gasteiger partial charge in [0.05, 0.1) is 56.8 Å². The van der Waals surface area contributed by atoms with Gasteiger partial charge in [0, 0.05) is 17.6 Å². The Bertz CT molecular complexity index is 1620. The second-order valence-corrected chi connectivity index (χ2v) is 8.20. The molecule has 0 unspecified atom stereocenters. The molecule has 5 rings (SSSR count). The van der Waals surface area contributed by atoms with Crippen LogP contribution in [0.1, 0.15) is 23.1 Å². The molecular weight excluding hydrogens is 502 g/mol. The molecule has 0 aliphatic carbocycles. The predicted octanol–water partition coefficient (Wildman–Crippen LogP) is 4.37. The van der Waals surface area contributed by atoms with Crippen LogP contribution in [0.5, 0.6) is 28.7 Å². The number of methoxy groups -OCH3 is 2. The van der Waals surface area contributed by atoms with Crippen LogP contribution in [0.3, 0.4) is 0 Å². The molecule has 0 aliphatic rings. The maximum absolute atomic E-state index is 13.0. The van der Waals surface area contributed by atoms with Crippen LogP contribution in [0.4, 0.5) is 5.82 Å². The average molecular weight is 528 g/mol. The van der Waals surface area contributed by atoms with Gasteiger partial charge in [-0.25, -0.2) is 14.6 Å². The molecule has 39 heavy (non-hydrogen) atoms. The molecule has 0 fully saturated rings. The third kappa shape index (κ3) is 5.39. The first-order chi connectivity index (χ1) is 19.0. The van der Waals surface area contributed by atoms with E-state index in [1.54, 1.807) is 69.3 Å². The zero-order valence-electron chi connectivity index (χ0n) is 21.7. The summed E-state index contributed by atoms with van der Waals surface area (Å²) in [5, 5.41) is 7.84. The Balaban J connectivity index is 1.34. The van der Waals surface area contributed by atoms with E-state index in [0.717, 1.165) is 11.1 Å². The molecule has 0 bridgehead atoms. The number of carbonyl (C=O) groups excluding carboxylic acids is 1. The molecule has 0 spiro atoms. The number of aromatic nitrogens is 6. The summed E-state index contributed by atoms with van der Waals surface area (Å²) in [6.45, 7) is 4.02. The SMILES string of the molecule is CCOc1cn(-c2cnc(C)cn2)nc1C(=O)Nc1ccc(Oc2ccnc3cc(OC)c(OC)cc23)cn1. The Kier molecular flexibility index (Phi) is 7.17. The van der Waals surface area contributed by atoms with Crippen molar-refractivity contribution in [2.45, 2.75) is 13.8 Å². The first-order valence-electron chi connectivity index (χ1n) is 12.0. The standard InChI is InChI=1S/C27H25N7O5/c1-5-38-23-15-34(25-14-29-16(2)12-31-25)33-26(23)27(35)32-24-7-6-17(13-30-24)39-20-8-9-28-19-11-22(37-4)21(36-3)10-18(19)20/h6-15H,5H2,1-4H3,(H,30,32,35). The van der Waals surface area contributed by atoms with Crippen molar-refractivity contribution in [2.24, 2.45) is 0 Å². The van der Waals surface area contributed by atoms with Gasteiger partial charge in [-0.15, -0.1) is 0 Å². The van der Waals surface area contributed by atoms with Gasteiger partial charge in [0.1, 0.15) is 17.3 Å². The number of ether oxygens (including phenoxy) is 4. The van der Waals surface area contributed by atoms with Gasteiger partial charge in [0.25, 0.3) is 5.91 Å². The minimum Gasteiger partial charge on any atom is -0.493 e. The van der Waals surface area contributed by atoms with Crippen molar-refractivity contribution in [2.75, 3.05) is 26.1 Å². The molecule has 5 aromatic rings. The van der Waals surface area contributed by atoms with Crippen LogP contribution in [0.15, 0.2) is 61.3 Å². The summed E-state index contributed by atoms with van der Waals surface area (Å²) < 4.78 is 23.9. The van der Waals surface area contributed by atoms with Gasteiger partial charge in [-0.2, -0.15) is 5.10 Å². The Hall–Kier alpha value is -5.26. The molecule has 4 heterocycles. The van der Waals surface area contributed by atoms with E-state index in [2.05, 4.69) is 30.4 Å². The maximum Gasteiger partial charge on any atom is 0.281 e. The normalized spacial score (nSPS) is 10.8. The summed E-state index contributed by atoms with van der Waals surface area (Å²) in [7, 11) is 3.13. The number of nitrogens with one attached hydrogen (secondary N) is 1. The largest absolute Gasteiger partial charge is 0.493 e. The van der Waals surface area contributed by atoms with Gasteiger partial charge >= 0.3 is 0 Å². The Labute approximate surface area is 223 Å². The van der Waals surface area contributed by atoms with Gasteiger partial charge in [0.2, 0.25) is 0 Å². The summed E-state index contributed by atoms with van der Waals surface area (Å²) in [4.78, 5) is 30.3. The van der Waals surface area contributed by atoms with Crippen LogP contribution >= 0.6 is 0 Å². The van der Waals surface area contributed by atoms with Crippen molar-refractivity contribution in [1.82, 2.24) is 29.7 Å². The van der Waals surface area contributed by atoms with Gasteiger partial charge < -0.3 is 24.3 Å². The number of nitrogens with zero attached hydrogens (tertiary/aromatic N) is 6. The Morgan fingerprint density at radius 1 is 0.923 bits per heavy atom. The number of amides is 1. The fourth-order valence-corrected chi connectivity index (χ4v) is 3.75. The van der Waals surface area contributed by atoms with E-state index in [1.807, 2.05) is 13.8 Å². The molecule has 1 amide bonds. The molecule has 0 atom stereocenters. The highest BCUT2D eigenvalue weighted by atomic mass is 16.5. The predicted molar refractivity (Wildman–Crippen MR) is 142 cm³/mol. The number of hydrogen-bond acceptors (Lipinski definition) is 10. The molecule has 198 valence electrons. The van der Waals surface area contributed by atoms with E-state index >= 15 is 0 Å². The molecule has 4 aromatic heterocycles. The quantitative estimate of drug-likeness (QED) is 0.294. The van der Waals surface area contributed by atoms with E-state index < -0.39 is 5.91 Å². The van der Waals surface area contributed by atoms with E-state index in [1.165, 1.54) is 10.9 Å². The molecular formula is C27H25N7O5. The number of aryl methyl sites for hydroxylation is 1. The second-order valence-electron chi connectivity index (χ2n) is 8.20. The van der Waals surface area contributed by atoms with E-state index in [9.17, 15) is 4.79 Å². The van der Waals surface area contributed by atoms with Crippen LogP contribution in [-0.2, 0) is 0 Å². The number of benzene rings is 1. The fourth-order valence-electron chi connectivity index (χ4n) is 3.75. The van der Waals surface area contributed by atoms with Crippen molar-refractivity contribution in [3.05, 3.63) is 72.7 Å². The molecule has 12 heteroatoms. The van der Waals surface area contributed by atoms with Crippen LogP contribution in [0.25, 0.3) is 16.7 Å². The Morgan fingerprint density at radius 2 is 1.74 bits per heavy atom. The minimum atomic E-state index is -0.486. The van der Waals surface area contributed by atoms with Crippen LogP contribution in [0, 0.1) is 6.92 Å². The first-order valence-corrected chi connectivity index (χ1v) is 12.0. The average Bonchev–Trinajstić information content (AvgIpc) is 3.38. The molecule has 1 aromatic carbocycles. The lowest BCUT2D eigenvalue weighted by Gasteiger charge is -2.12. The highest BCUT2D eigenvalue weighted by Gasteiger charge is 2.20. The van der Waals surface area contributed by atoms with Crippen LogP contribution in [-0.4, -0.2) is 56.5 Å². The lowest BCUT2D eigenvalue weighted by atomic mass is 10.2. The number of pyridine rings is 2. The zero-order valence-corrected chi connectivity index (χ0v) is 21.7. The van der Waals surface area contributed by atoms with E-state index in [-0.39, 0.29) is 5.69 Å². The summed E-state index contributed by atoms with van der Waals surface area (Å²) in [6, 6.07) is 8.65. The lowest BCUT2D eigenvalue weighted by Crippen LogP contribution is -2.15. The zero-order chi connectivity index (χ0) is 27.4. The highest BCUT2D eigenvalue weighted by Crippen LogP contribution is 2.36. The summed E-state index contributed by atoms with van der Waals surface area (Å²) in [5.74, 6) is 2.75.